The molecule has 6 heteroatoms. The SMILES string of the molecule is CCOc1ccc(-c2nc(C(=O)N3CC(O)C3)cs2)cc1. The lowest BCUT2D eigenvalue weighted by Crippen LogP contribution is -2.53. The predicted molar refractivity (Wildman–Crippen MR) is 80.6 cm³/mol. The smallest absolute Gasteiger partial charge is 0.273 e. The van der Waals surface area contributed by atoms with E-state index in [2.05, 4.69) is 4.98 Å². The standard InChI is InChI=1S/C15H16N2O3S/c1-2-20-12-5-3-10(4-6-12)14-16-13(9-21-14)15(19)17-7-11(18)8-17/h3-6,9,11,18H,2,7-8H2,1H3. The van der Waals surface area contributed by atoms with Crippen LogP contribution in [0.2, 0.25) is 0 Å². The van der Waals surface area contributed by atoms with Gasteiger partial charge >= 0.3 is 0 Å². The largest absolute Gasteiger partial charge is 0.494 e. The number of likely N-dealkylation sites (tertiary alicyclic amines) is 1. The summed E-state index contributed by atoms with van der Waals surface area (Å²) in [4.78, 5) is 18.1. The first-order valence-corrected chi connectivity index (χ1v) is 7.71. The monoisotopic (exact) mass is 304 g/mol. The minimum atomic E-state index is -0.391. The number of hydrogen-bond acceptors (Lipinski definition) is 5. The van der Waals surface area contributed by atoms with Crippen LogP contribution >= 0.6 is 11.3 Å². The van der Waals surface area contributed by atoms with Gasteiger partial charge in [-0.1, -0.05) is 0 Å². The summed E-state index contributed by atoms with van der Waals surface area (Å²) in [5.41, 5.74) is 1.40. The van der Waals surface area contributed by atoms with Crippen molar-refractivity contribution in [3.8, 4) is 16.3 Å². The summed E-state index contributed by atoms with van der Waals surface area (Å²) in [7, 11) is 0. The van der Waals surface area contributed by atoms with E-state index in [0.29, 0.717) is 25.4 Å². The summed E-state index contributed by atoms with van der Waals surface area (Å²) >= 11 is 1.44. The predicted octanol–water partition coefficient (Wildman–Crippen LogP) is 2.03. The van der Waals surface area contributed by atoms with Gasteiger partial charge in [0.25, 0.3) is 5.91 Å². The van der Waals surface area contributed by atoms with Gasteiger partial charge in [-0.3, -0.25) is 4.79 Å². The van der Waals surface area contributed by atoms with E-state index in [-0.39, 0.29) is 5.91 Å². The summed E-state index contributed by atoms with van der Waals surface area (Å²) in [6, 6.07) is 7.66. The molecule has 21 heavy (non-hydrogen) atoms. The van der Waals surface area contributed by atoms with Gasteiger partial charge in [0.1, 0.15) is 16.5 Å². The molecule has 0 atom stereocenters. The highest BCUT2D eigenvalue weighted by molar-refractivity contribution is 7.13. The molecular weight excluding hydrogens is 288 g/mol. The number of aromatic nitrogens is 1. The number of benzene rings is 1. The normalized spacial score (nSPS) is 14.9. The first-order chi connectivity index (χ1) is 10.2. The summed E-state index contributed by atoms with van der Waals surface area (Å²) in [6.07, 6.45) is -0.391. The average molecular weight is 304 g/mol. The van der Waals surface area contributed by atoms with Gasteiger partial charge in [0.05, 0.1) is 12.7 Å². The molecule has 5 nitrogen and oxygen atoms in total. The number of carbonyl (C=O) groups is 1. The molecule has 0 aliphatic carbocycles. The molecule has 1 aromatic carbocycles. The highest BCUT2D eigenvalue weighted by atomic mass is 32.1. The van der Waals surface area contributed by atoms with Crippen LogP contribution in [0.3, 0.4) is 0 Å². The minimum Gasteiger partial charge on any atom is -0.494 e. The second-order valence-corrected chi connectivity index (χ2v) is 5.72. The lowest BCUT2D eigenvalue weighted by atomic mass is 10.1. The molecular formula is C15H16N2O3S. The molecule has 1 saturated heterocycles. The Kier molecular flexibility index (Phi) is 3.90. The van der Waals surface area contributed by atoms with Crippen LogP contribution in [-0.4, -0.2) is 46.7 Å². The van der Waals surface area contributed by atoms with E-state index >= 15 is 0 Å². The van der Waals surface area contributed by atoms with Crippen LogP contribution in [0.4, 0.5) is 0 Å². The van der Waals surface area contributed by atoms with E-state index in [1.165, 1.54) is 11.3 Å². The summed E-state index contributed by atoms with van der Waals surface area (Å²) in [6.45, 7) is 3.37. The molecule has 1 aliphatic rings. The number of aliphatic hydroxyl groups excluding tert-OH is 1. The third kappa shape index (κ3) is 2.91. The van der Waals surface area contributed by atoms with Crippen molar-refractivity contribution >= 4 is 17.2 Å². The molecule has 2 aromatic rings. The number of amides is 1. The van der Waals surface area contributed by atoms with Crippen molar-refractivity contribution in [1.29, 1.82) is 0 Å². The van der Waals surface area contributed by atoms with Gasteiger partial charge in [-0.25, -0.2) is 4.98 Å². The van der Waals surface area contributed by atoms with Crippen LogP contribution in [0.15, 0.2) is 29.6 Å². The summed E-state index contributed by atoms with van der Waals surface area (Å²) < 4.78 is 5.40. The molecule has 0 bridgehead atoms. The number of thiazole rings is 1. The molecule has 1 N–H and O–H groups in total. The highest BCUT2D eigenvalue weighted by Crippen LogP contribution is 2.26. The van der Waals surface area contributed by atoms with Gasteiger partial charge in [0.15, 0.2) is 0 Å². The van der Waals surface area contributed by atoms with E-state index < -0.39 is 6.10 Å². The fourth-order valence-electron chi connectivity index (χ4n) is 2.15. The van der Waals surface area contributed by atoms with Crippen molar-refractivity contribution in [3.63, 3.8) is 0 Å². The molecule has 0 unspecified atom stereocenters. The Labute approximate surface area is 126 Å². The zero-order chi connectivity index (χ0) is 14.8. The van der Waals surface area contributed by atoms with Crippen LogP contribution in [0, 0.1) is 0 Å². The van der Waals surface area contributed by atoms with Crippen LogP contribution < -0.4 is 4.74 Å². The maximum absolute atomic E-state index is 12.1. The van der Waals surface area contributed by atoms with Gasteiger partial charge in [-0.05, 0) is 31.2 Å². The van der Waals surface area contributed by atoms with Crippen LogP contribution in [0.25, 0.3) is 10.6 Å². The lowest BCUT2D eigenvalue weighted by molar-refractivity contribution is 0.00556. The average Bonchev–Trinajstić information content (AvgIpc) is 2.94. The molecule has 1 fully saturated rings. The maximum atomic E-state index is 12.1. The van der Waals surface area contributed by atoms with Crippen molar-refractivity contribution in [1.82, 2.24) is 9.88 Å². The Morgan fingerprint density at radius 2 is 2.14 bits per heavy atom. The molecule has 2 heterocycles. The van der Waals surface area contributed by atoms with E-state index in [9.17, 15) is 9.90 Å². The first-order valence-electron chi connectivity index (χ1n) is 6.83. The molecule has 3 rings (SSSR count). The summed E-state index contributed by atoms with van der Waals surface area (Å²) in [5.74, 6) is 0.706. The highest BCUT2D eigenvalue weighted by Gasteiger charge is 2.30. The summed E-state index contributed by atoms with van der Waals surface area (Å²) in [5, 5.41) is 11.8. The Morgan fingerprint density at radius 3 is 2.76 bits per heavy atom. The van der Waals surface area contributed by atoms with Crippen molar-refractivity contribution in [3.05, 3.63) is 35.3 Å². The lowest BCUT2D eigenvalue weighted by Gasteiger charge is -2.35. The second kappa shape index (κ2) is 5.83. The zero-order valence-electron chi connectivity index (χ0n) is 11.7. The fraction of sp³-hybridized carbons (Fsp3) is 0.333. The third-order valence-electron chi connectivity index (χ3n) is 3.29. The zero-order valence-corrected chi connectivity index (χ0v) is 12.5. The van der Waals surface area contributed by atoms with Crippen LogP contribution in [0.1, 0.15) is 17.4 Å². The Balaban J connectivity index is 1.73. The molecule has 0 spiro atoms. The van der Waals surface area contributed by atoms with Gasteiger partial charge < -0.3 is 14.7 Å². The number of β-amino-alcohol motifs (C(OH)–C–C–N with tert-alkyl or cyclic N) is 1. The molecule has 110 valence electrons. The first kappa shape index (κ1) is 14.0. The Bertz CT molecular complexity index is 633. The topological polar surface area (TPSA) is 62.7 Å². The number of ether oxygens (including phenoxy) is 1. The molecule has 1 amide bonds. The number of carbonyl (C=O) groups excluding carboxylic acids is 1. The second-order valence-electron chi connectivity index (χ2n) is 4.86. The van der Waals surface area contributed by atoms with Crippen LogP contribution in [0.5, 0.6) is 5.75 Å². The van der Waals surface area contributed by atoms with Crippen molar-refractivity contribution < 1.29 is 14.6 Å². The molecule has 1 aromatic heterocycles. The van der Waals surface area contributed by atoms with Gasteiger partial charge in [-0.15, -0.1) is 11.3 Å². The van der Waals surface area contributed by atoms with Gasteiger partial charge in [0.2, 0.25) is 0 Å². The van der Waals surface area contributed by atoms with E-state index in [4.69, 9.17) is 4.74 Å². The van der Waals surface area contributed by atoms with Crippen LogP contribution in [-0.2, 0) is 0 Å². The minimum absolute atomic E-state index is 0.117. The van der Waals surface area contributed by atoms with Gasteiger partial charge in [0, 0.05) is 24.0 Å². The van der Waals surface area contributed by atoms with E-state index in [1.54, 1.807) is 10.3 Å². The fourth-order valence-corrected chi connectivity index (χ4v) is 2.95. The van der Waals surface area contributed by atoms with Gasteiger partial charge in [-0.2, -0.15) is 0 Å². The molecule has 1 aliphatic heterocycles. The van der Waals surface area contributed by atoms with Crippen molar-refractivity contribution in [2.45, 2.75) is 13.0 Å². The molecule has 0 saturated carbocycles. The van der Waals surface area contributed by atoms with Crippen molar-refractivity contribution in [2.75, 3.05) is 19.7 Å². The number of nitrogens with zero attached hydrogens (tertiary/aromatic N) is 2. The number of hydrogen-bond donors (Lipinski definition) is 1. The molecule has 0 radical (unpaired) electrons. The Hall–Kier alpha value is -1.92. The van der Waals surface area contributed by atoms with Crippen molar-refractivity contribution in [2.24, 2.45) is 0 Å². The Morgan fingerprint density at radius 1 is 1.43 bits per heavy atom. The quantitative estimate of drug-likeness (QED) is 0.939. The number of aliphatic hydroxyl groups is 1. The van der Waals surface area contributed by atoms with E-state index in [0.717, 1.165) is 16.3 Å². The third-order valence-corrected chi connectivity index (χ3v) is 4.18. The number of rotatable bonds is 4. The maximum Gasteiger partial charge on any atom is 0.273 e. The van der Waals surface area contributed by atoms with E-state index in [1.807, 2.05) is 31.2 Å².